The SMILES string of the molecule is ClCc1cc(OCC2CCCO2)ccn1. The van der Waals surface area contributed by atoms with Crippen LogP contribution in [0.4, 0.5) is 0 Å². The highest BCUT2D eigenvalue weighted by atomic mass is 35.5. The molecule has 1 atom stereocenters. The third-order valence-electron chi connectivity index (χ3n) is 2.38. The Morgan fingerprint density at radius 3 is 3.27 bits per heavy atom. The molecule has 0 spiro atoms. The van der Waals surface area contributed by atoms with E-state index < -0.39 is 0 Å². The third kappa shape index (κ3) is 3.08. The van der Waals surface area contributed by atoms with Crippen molar-refractivity contribution >= 4 is 11.6 Å². The first-order chi connectivity index (χ1) is 7.38. The summed E-state index contributed by atoms with van der Waals surface area (Å²) in [7, 11) is 0. The number of hydrogen-bond acceptors (Lipinski definition) is 3. The molecule has 1 aliphatic heterocycles. The Hall–Kier alpha value is -0.800. The van der Waals surface area contributed by atoms with Crippen LogP contribution in [0.25, 0.3) is 0 Å². The minimum Gasteiger partial charge on any atom is -0.491 e. The Morgan fingerprint density at radius 2 is 2.53 bits per heavy atom. The molecule has 0 aromatic carbocycles. The molecule has 0 radical (unpaired) electrons. The van der Waals surface area contributed by atoms with Crippen LogP contribution in [0.2, 0.25) is 0 Å². The van der Waals surface area contributed by atoms with Gasteiger partial charge in [-0.25, -0.2) is 0 Å². The predicted octanol–water partition coefficient (Wildman–Crippen LogP) is 2.38. The first-order valence-electron chi connectivity index (χ1n) is 5.14. The van der Waals surface area contributed by atoms with Gasteiger partial charge in [0.05, 0.1) is 17.7 Å². The van der Waals surface area contributed by atoms with Crippen molar-refractivity contribution in [1.82, 2.24) is 4.98 Å². The lowest BCUT2D eigenvalue weighted by Gasteiger charge is -2.11. The molecule has 1 fully saturated rings. The van der Waals surface area contributed by atoms with E-state index in [1.165, 1.54) is 0 Å². The zero-order chi connectivity index (χ0) is 10.5. The Balaban J connectivity index is 1.86. The summed E-state index contributed by atoms with van der Waals surface area (Å²) in [6.45, 7) is 1.48. The van der Waals surface area contributed by atoms with Gasteiger partial charge in [0.2, 0.25) is 0 Å². The standard InChI is InChI=1S/C11H14ClNO2/c12-7-9-6-10(3-4-13-9)15-8-11-2-1-5-14-11/h3-4,6,11H,1-2,5,7-8H2. The Morgan fingerprint density at radius 1 is 1.60 bits per heavy atom. The largest absolute Gasteiger partial charge is 0.491 e. The molecule has 0 aliphatic carbocycles. The maximum atomic E-state index is 5.68. The van der Waals surface area contributed by atoms with Crippen molar-refractivity contribution in [3.63, 3.8) is 0 Å². The Bertz CT molecular complexity index is 313. The van der Waals surface area contributed by atoms with Crippen molar-refractivity contribution in [2.24, 2.45) is 0 Å². The molecule has 3 nitrogen and oxygen atoms in total. The third-order valence-corrected chi connectivity index (χ3v) is 2.66. The maximum absolute atomic E-state index is 5.68. The van der Waals surface area contributed by atoms with Crippen molar-refractivity contribution < 1.29 is 9.47 Å². The van der Waals surface area contributed by atoms with E-state index in [4.69, 9.17) is 21.1 Å². The summed E-state index contributed by atoms with van der Waals surface area (Å²) in [5.41, 5.74) is 0.835. The van der Waals surface area contributed by atoms with Gasteiger partial charge in [-0.3, -0.25) is 4.98 Å². The van der Waals surface area contributed by atoms with Crippen molar-refractivity contribution in [3.8, 4) is 5.75 Å². The monoisotopic (exact) mass is 227 g/mol. The number of ether oxygens (including phenoxy) is 2. The first-order valence-corrected chi connectivity index (χ1v) is 5.67. The smallest absolute Gasteiger partial charge is 0.122 e. The second-order valence-electron chi connectivity index (χ2n) is 3.56. The van der Waals surface area contributed by atoms with E-state index in [2.05, 4.69) is 4.98 Å². The molecule has 0 amide bonds. The number of pyridine rings is 1. The summed E-state index contributed by atoms with van der Waals surface area (Å²) in [5.74, 6) is 1.23. The second kappa shape index (κ2) is 5.33. The van der Waals surface area contributed by atoms with E-state index in [0.717, 1.165) is 30.9 Å². The fourth-order valence-electron chi connectivity index (χ4n) is 1.58. The van der Waals surface area contributed by atoms with Gasteiger partial charge in [-0.2, -0.15) is 0 Å². The predicted molar refractivity (Wildman–Crippen MR) is 58.3 cm³/mol. The molecular formula is C11H14ClNO2. The number of halogens is 1. The quantitative estimate of drug-likeness (QED) is 0.741. The van der Waals surface area contributed by atoms with Crippen LogP contribution in [0.5, 0.6) is 5.75 Å². The Kier molecular flexibility index (Phi) is 3.80. The van der Waals surface area contributed by atoms with Gasteiger partial charge >= 0.3 is 0 Å². The van der Waals surface area contributed by atoms with E-state index in [1.54, 1.807) is 6.20 Å². The Labute approximate surface area is 94.4 Å². The summed E-state index contributed by atoms with van der Waals surface area (Å²) in [5, 5.41) is 0. The van der Waals surface area contributed by atoms with Gasteiger partial charge in [-0.05, 0) is 18.9 Å². The summed E-state index contributed by atoms with van der Waals surface area (Å²) in [6.07, 6.45) is 4.19. The van der Waals surface area contributed by atoms with Crippen LogP contribution in [0.3, 0.4) is 0 Å². The molecule has 4 heteroatoms. The molecular weight excluding hydrogens is 214 g/mol. The highest BCUT2D eigenvalue weighted by Gasteiger charge is 2.15. The molecule has 0 bridgehead atoms. The summed E-state index contributed by atoms with van der Waals surface area (Å²) >= 11 is 5.68. The van der Waals surface area contributed by atoms with Crippen molar-refractivity contribution in [3.05, 3.63) is 24.0 Å². The lowest BCUT2D eigenvalue weighted by Crippen LogP contribution is -2.16. The molecule has 15 heavy (non-hydrogen) atoms. The molecule has 1 aromatic rings. The highest BCUT2D eigenvalue weighted by Crippen LogP contribution is 2.16. The molecule has 2 heterocycles. The van der Waals surface area contributed by atoms with Crippen LogP contribution < -0.4 is 4.74 Å². The van der Waals surface area contributed by atoms with Gasteiger partial charge in [0.25, 0.3) is 0 Å². The number of hydrogen-bond donors (Lipinski definition) is 0. The van der Waals surface area contributed by atoms with E-state index >= 15 is 0 Å². The summed E-state index contributed by atoms with van der Waals surface area (Å²) in [6, 6.07) is 3.70. The minimum absolute atomic E-state index is 0.248. The van der Waals surface area contributed by atoms with Gasteiger partial charge < -0.3 is 9.47 Å². The molecule has 0 saturated carbocycles. The molecule has 1 aromatic heterocycles. The van der Waals surface area contributed by atoms with Crippen LogP contribution in [0, 0.1) is 0 Å². The van der Waals surface area contributed by atoms with Crippen molar-refractivity contribution in [1.29, 1.82) is 0 Å². The van der Waals surface area contributed by atoms with Crippen LogP contribution >= 0.6 is 11.6 Å². The normalized spacial score (nSPS) is 20.5. The van der Waals surface area contributed by atoms with Gasteiger partial charge in [-0.1, -0.05) is 0 Å². The van der Waals surface area contributed by atoms with Crippen molar-refractivity contribution in [2.75, 3.05) is 13.2 Å². The molecule has 2 rings (SSSR count). The molecule has 1 aliphatic rings. The van der Waals surface area contributed by atoms with Gasteiger partial charge in [0.15, 0.2) is 0 Å². The average molecular weight is 228 g/mol. The zero-order valence-electron chi connectivity index (χ0n) is 8.49. The maximum Gasteiger partial charge on any atom is 0.122 e. The molecule has 82 valence electrons. The van der Waals surface area contributed by atoms with E-state index in [0.29, 0.717) is 12.5 Å². The molecule has 1 saturated heterocycles. The zero-order valence-corrected chi connectivity index (χ0v) is 9.24. The fraction of sp³-hybridized carbons (Fsp3) is 0.545. The van der Waals surface area contributed by atoms with Crippen LogP contribution in [0.1, 0.15) is 18.5 Å². The number of nitrogens with zero attached hydrogens (tertiary/aromatic N) is 1. The van der Waals surface area contributed by atoms with E-state index in [9.17, 15) is 0 Å². The van der Waals surface area contributed by atoms with E-state index in [1.807, 2.05) is 12.1 Å². The lowest BCUT2D eigenvalue weighted by atomic mass is 10.2. The molecule has 0 N–H and O–H groups in total. The summed E-state index contributed by atoms with van der Waals surface area (Å²) in [4.78, 5) is 4.09. The van der Waals surface area contributed by atoms with Gasteiger partial charge in [0.1, 0.15) is 12.4 Å². The van der Waals surface area contributed by atoms with Crippen molar-refractivity contribution in [2.45, 2.75) is 24.8 Å². The minimum atomic E-state index is 0.248. The summed E-state index contributed by atoms with van der Waals surface area (Å²) < 4.78 is 11.1. The van der Waals surface area contributed by atoms with Gasteiger partial charge in [0, 0.05) is 18.9 Å². The van der Waals surface area contributed by atoms with Crippen LogP contribution in [-0.4, -0.2) is 24.3 Å². The van der Waals surface area contributed by atoms with E-state index in [-0.39, 0.29) is 6.10 Å². The first kappa shape index (κ1) is 10.7. The number of aromatic nitrogens is 1. The van der Waals surface area contributed by atoms with Gasteiger partial charge in [-0.15, -0.1) is 11.6 Å². The number of alkyl halides is 1. The van der Waals surface area contributed by atoms with Crippen LogP contribution in [0.15, 0.2) is 18.3 Å². The second-order valence-corrected chi connectivity index (χ2v) is 3.83. The topological polar surface area (TPSA) is 31.4 Å². The van der Waals surface area contributed by atoms with Crippen LogP contribution in [-0.2, 0) is 10.6 Å². The highest BCUT2D eigenvalue weighted by molar-refractivity contribution is 6.16. The molecule has 1 unspecified atom stereocenters. The average Bonchev–Trinajstić information content (AvgIpc) is 2.79. The fourth-order valence-corrected chi connectivity index (χ4v) is 1.73. The number of rotatable bonds is 4. The lowest BCUT2D eigenvalue weighted by molar-refractivity contribution is 0.0679.